The zero-order valence-corrected chi connectivity index (χ0v) is 9.55. The van der Waals surface area contributed by atoms with Crippen LogP contribution in [0.4, 0.5) is 0 Å². The maximum absolute atomic E-state index is 11.7. The number of hydrogen-bond donors (Lipinski definition) is 1. The maximum atomic E-state index is 11.7. The Balaban J connectivity index is 2.60. The highest BCUT2D eigenvalue weighted by Gasteiger charge is 2.37. The normalized spacial score (nSPS) is 22.4. The zero-order chi connectivity index (χ0) is 10.8. The number of amides is 1. The number of rotatable bonds is 3. The molecule has 0 aromatic rings. The van der Waals surface area contributed by atoms with Crippen LogP contribution in [0.2, 0.25) is 0 Å². The van der Waals surface area contributed by atoms with E-state index in [1.165, 1.54) is 0 Å². The third kappa shape index (κ3) is 2.08. The maximum Gasteiger partial charge on any atom is 0.239 e. The van der Waals surface area contributed by atoms with Gasteiger partial charge in [0.25, 0.3) is 0 Å². The quantitative estimate of drug-likeness (QED) is 0.744. The molecule has 3 heteroatoms. The Labute approximate surface area is 86.6 Å². The van der Waals surface area contributed by atoms with Crippen LogP contribution in [0.15, 0.2) is 0 Å². The van der Waals surface area contributed by atoms with E-state index in [2.05, 4.69) is 13.8 Å². The number of hydrogen-bond acceptors (Lipinski definition) is 2. The largest absolute Gasteiger partial charge is 0.341 e. The zero-order valence-electron chi connectivity index (χ0n) is 9.55. The first kappa shape index (κ1) is 11.5. The molecule has 1 saturated heterocycles. The highest BCUT2D eigenvalue weighted by Crippen LogP contribution is 2.36. The topological polar surface area (TPSA) is 46.3 Å². The molecule has 0 bridgehead atoms. The van der Waals surface area contributed by atoms with Crippen LogP contribution < -0.4 is 5.73 Å². The van der Waals surface area contributed by atoms with Gasteiger partial charge in [-0.15, -0.1) is 0 Å². The van der Waals surface area contributed by atoms with Crippen molar-refractivity contribution < 1.29 is 4.79 Å². The third-order valence-corrected chi connectivity index (χ3v) is 3.64. The van der Waals surface area contributed by atoms with Crippen LogP contribution in [0.5, 0.6) is 0 Å². The minimum atomic E-state index is -0.348. The van der Waals surface area contributed by atoms with Crippen molar-refractivity contribution in [1.29, 1.82) is 0 Å². The van der Waals surface area contributed by atoms with E-state index in [1.54, 1.807) is 6.92 Å². The number of carbonyl (C=O) groups is 1. The van der Waals surface area contributed by atoms with Crippen molar-refractivity contribution in [2.75, 3.05) is 13.1 Å². The van der Waals surface area contributed by atoms with E-state index in [4.69, 9.17) is 5.73 Å². The molecule has 0 spiro atoms. The molecule has 3 nitrogen and oxygen atoms in total. The SMILES string of the molecule is CCC1(CC)CCN(C(=O)[C@@H](C)N)C1. The molecule has 1 rings (SSSR count). The lowest BCUT2D eigenvalue weighted by Crippen LogP contribution is -2.41. The lowest BCUT2D eigenvalue weighted by molar-refractivity contribution is -0.131. The molecule has 0 radical (unpaired) electrons. The van der Waals surface area contributed by atoms with Gasteiger partial charge in [0.1, 0.15) is 0 Å². The van der Waals surface area contributed by atoms with Gasteiger partial charge in [0.05, 0.1) is 6.04 Å². The fourth-order valence-corrected chi connectivity index (χ4v) is 2.24. The monoisotopic (exact) mass is 198 g/mol. The molecule has 1 amide bonds. The van der Waals surface area contributed by atoms with Crippen LogP contribution in [0.1, 0.15) is 40.0 Å². The van der Waals surface area contributed by atoms with E-state index in [9.17, 15) is 4.79 Å². The number of nitrogens with two attached hydrogens (primary N) is 1. The van der Waals surface area contributed by atoms with Crippen LogP contribution in [-0.4, -0.2) is 29.9 Å². The summed E-state index contributed by atoms with van der Waals surface area (Å²) in [6.45, 7) is 7.98. The predicted octanol–water partition coefficient (Wildman–Crippen LogP) is 1.37. The summed E-state index contributed by atoms with van der Waals surface area (Å²) >= 11 is 0. The summed E-state index contributed by atoms with van der Waals surface area (Å²) in [4.78, 5) is 13.6. The number of carbonyl (C=O) groups excluding carboxylic acids is 1. The number of nitrogens with zero attached hydrogens (tertiary/aromatic N) is 1. The summed E-state index contributed by atoms with van der Waals surface area (Å²) in [5.74, 6) is 0.105. The van der Waals surface area contributed by atoms with Crippen molar-refractivity contribution in [2.24, 2.45) is 11.1 Å². The standard InChI is InChI=1S/C11H22N2O/c1-4-11(5-2)6-7-13(8-11)10(14)9(3)12/h9H,4-8,12H2,1-3H3/t9-/m1/s1. The molecule has 14 heavy (non-hydrogen) atoms. The molecule has 1 aliphatic heterocycles. The Morgan fingerprint density at radius 3 is 2.43 bits per heavy atom. The first-order valence-corrected chi connectivity index (χ1v) is 5.59. The van der Waals surface area contributed by atoms with Gasteiger partial charge in [0, 0.05) is 13.1 Å². The first-order valence-electron chi connectivity index (χ1n) is 5.59. The summed E-state index contributed by atoms with van der Waals surface area (Å²) in [5.41, 5.74) is 5.96. The summed E-state index contributed by atoms with van der Waals surface area (Å²) in [5, 5.41) is 0. The highest BCUT2D eigenvalue weighted by atomic mass is 16.2. The van der Waals surface area contributed by atoms with Gasteiger partial charge < -0.3 is 10.6 Å². The lowest BCUT2D eigenvalue weighted by atomic mass is 9.82. The Hall–Kier alpha value is -0.570. The van der Waals surface area contributed by atoms with Gasteiger partial charge in [-0.1, -0.05) is 13.8 Å². The Morgan fingerprint density at radius 2 is 2.07 bits per heavy atom. The second-order valence-electron chi connectivity index (χ2n) is 4.51. The first-order chi connectivity index (χ1) is 6.54. The molecule has 0 aromatic heterocycles. The highest BCUT2D eigenvalue weighted by molar-refractivity contribution is 5.81. The van der Waals surface area contributed by atoms with Crippen molar-refractivity contribution in [3.63, 3.8) is 0 Å². The summed E-state index contributed by atoms with van der Waals surface area (Å²) in [6, 6.07) is -0.348. The Morgan fingerprint density at radius 1 is 1.50 bits per heavy atom. The summed E-state index contributed by atoms with van der Waals surface area (Å²) in [7, 11) is 0. The molecule has 2 N–H and O–H groups in total. The minimum absolute atomic E-state index is 0.105. The summed E-state index contributed by atoms with van der Waals surface area (Å²) < 4.78 is 0. The minimum Gasteiger partial charge on any atom is -0.341 e. The molecule has 1 heterocycles. The van der Waals surface area contributed by atoms with Gasteiger partial charge in [0.15, 0.2) is 0 Å². The second-order valence-corrected chi connectivity index (χ2v) is 4.51. The number of likely N-dealkylation sites (tertiary alicyclic amines) is 1. The van der Waals surface area contributed by atoms with Gasteiger partial charge >= 0.3 is 0 Å². The van der Waals surface area contributed by atoms with Gasteiger partial charge in [-0.2, -0.15) is 0 Å². The third-order valence-electron chi connectivity index (χ3n) is 3.64. The van der Waals surface area contributed by atoms with Crippen LogP contribution in [0.25, 0.3) is 0 Å². The fraction of sp³-hybridized carbons (Fsp3) is 0.909. The molecular weight excluding hydrogens is 176 g/mol. The molecule has 0 aromatic carbocycles. The van der Waals surface area contributed by atoms with Crippen molar-refractivity contribution in [1.82, 2.24) is 4.90 Å². The van der Waals surface area contributed by atoms with E-state index in [-0.39, 0.29) is 11.9 Å². The van der Waals surface area contributed by atoms with Gasteiger partial charge in [-0.3, -0.25) is 4.79 Å². The molecule has 82 valence electrons. The average Bonchev–Trinajstić information content (AvgIpc) is 2.61. The van der Waals surface area contributed by atoms with Crippen molar-refractivity contribution in [3.05, 3.63) is 0 Å². The van der Waals surface area contributed by atoms with Gasteiger partial charge in [-0.05, 0) is 31.6 Å². The van der Waals surface area contributed by atoms with Gasteiger partial charge in [0.2, 0.25) is 5.91 Å². The van der Waals surface area contributed by atoms with Crippen LogP contribution in [0, 0.1) is 5.41 Å². The smallest absolute Gasteiger partial charge is 0.239 e. The Kier molecular flexibility index (Phi) is 3.53. The van der Waals surface area contributed by atoms with E-state index in [0.29, 0.717) is 5.41 Å². The van der Waals surface area contributed by atoms with Crippen molar-refractivity contribution in [3.8, 4) is 0 Å². The predicted molar refractivity (Wildman–Crippen MR) is 57.9 cm³/mol. The van der Waals surface area contributed by atoms with Gasteiger partial charge in [-0.25, -0.2) is 0 Å². The van der Waals surface area contributed by atoms with Crippen LogP contribution >= 0.6 is 0 Å². The molecule has 0 unspecified atom stereocenters. The second kappa shape index (κ2) is 4.30. The van der Waals surface area contributed by atoms with E-state index >= 15 is 0 Å². The average molecular weight is 198 g/mol. The molecule has 1 aliphatic rings. The van der Waals surface area contributed by atoms with Crippen molar-refractivity contribution >= 4 is 5.91 Å². The van der Waals surface area contributed by atoms with E-state index in [0.717, 1.165) is 32.4 Å². The molecule has 1 atom stereocenters. The molecule has 0 saturated carbocycles. The van der Waals surface area contributed by atoms with E-state index in [1.807, 2.05) is 4.90 Å². The molecule has 0 aliphatic carbocycles. The molecular formula is C11H22N2O. The van der Waals surface area contributed by atoms with Crippen LogP contribution in [0.3, 0.4) is 0 Å². The Bertz CT molecular complexity index is 209. The van der Waals surface area contributed by atoms with Crippen LogP contribution in [-0.2, 0) is 4.79 Å². The lowest BCUT2D eigenvalue weighted by Gasteiger charge is -2.26. The van der Waals surface area contributed by atoms with Crippen molar-refractivity contribution in [2.45, 2.75) is 46.1 Å². The molecule has 1 fully saturated rings. The summed E-state index contributed by atoms with van der Waals surface area (Å²) in [6.07, 6.45) is 3.46. The van der Waals surface area contributed by atoms with E-state index < -0.39 is 0 Å². The fourth-order valence-electron chi connectivity index (χ4n) is 2.24.